The Bertz CT molecular complexity index is 678. The summed E-state index contributed by atoms with van der Waals surface area (Å²) in [7, 11) is -3.66. The van der Waals surface area contributed by atoms with Crippen LogP contribution in [0.5, 0.6) is 0 Å². The van der Waals surface area contributed by atoms with Gasteiger partial charge >= 0.3 is 0 Å². The van der Waals surface area contributed by atoms with E-state index in [1.54, 1.807) is 18.3 Å². The zero-order chi connectivity index (χ0) is 14.0. The van der Waals surface area contributed by atoms with Crippen LogP contribution in [0.3, 0.4) is 0 Å². The van der Waals surface area contributed by atoms with E-state index in [4.69, 9.17) is 0 Å². The molecular formula is C12H15N5O2S. The molecule has 0 bridgehead atoms. The third-order valence-corrected chi connectivity index (χ3v) is 4.49. The van der Waals surface area contributed by atoms with Crippen molar-refractivity contribution in [2.24, 2.45) is 0 Å². The fraction of sp³-hybridized carbons (Fsp3) is 0.333. The van der Waals surface area contributed by atoms with Gasteiger partial charge in [-0.25, -0.2) is 9.97 Å². The molecule has 0 amide bonds. The van der Waals surface area contributed by atoms with Gasteiger partial charge < -0.3 is 9.88 Å². The fourth-order valence-electron chi connectivity index (χ4n) is 2.25. The number of hydrogen-bond donors (Lipinski definition) is 2. The van der Waals surface area contributed by atoms with Gasteiger partial charge in [0.25, 0.3) is 10.0 Å². The van der Waals surface area contributed by atoms with E-state index < -0.39 is 10.0 Å². The van der Waals surface area contributed by atoms with Crippen molar-refractivity contribution in [1.29, 1.82) is 0 Å². The number of aromatic amines is 1. The summed E-state index contributed by atoms with van der Waals surface area (Å²) < 4.78 is 27.0. The number of nitrogens with one attached hydrogen (secondary N) is 2. The van der Waals surface area contributed by atoms with Gasteiger partial charge in [-0.2, -0.15) is 8.42 Å². The molecule has 20 heavy (non-hydrogen) atoms. The number of anilines is 2. The lowest BCUT2D eigenvalue weighted by Gasteiger charge is -2.20. The topological polar surface area (TPSA) is 91.0 Å². The second kappa shape index (κ2) is 5.12. The lowest BCUT2D eigenvalue weighted by atomic mass is 10.4. The lowest BCUT2D eigenvalue weighted by molar-refractivity contribution is 0.598. The van der Waals surface area contributed by atoms with Crippen molar-refractivity contribution in [2.45, 2.75) is 17.9 Å². The predicted molar refractivity (Wildman–Crippen MR) is 75.1 cm³/mol. The van der Waals surface area contributed by atoms with Crippen molar-refractivity contribution in [3.05, 3.63) is 30.9 Å². The smallest absolute Gasteiger partial charge is 0.279 e. The van der Waals surface area contributed by atoms with Crippen LogP contribution in [0.4, 0.5) is 11.5 Å². The molecule has 0 radical (unpaired) electrons. The number of imidazole rings is 1. The first-order chi connectivity index (χ1) is 9.67. The molecule has 2 N–H and O–H groups in total. The Balaban J connectivity index is 1.91. The summed E-state index contributed by atoms with van der Waals surface area (Å²) in [5.74, 6) is 0.674. The normalized spacial score (nSPS) is 15.5. The van der Waals surface area contributed by atoms with Crippen LogP contribution in [0.1, 0.15) is 12.8 Å². The van der Waals surface area contributed by atoms with E-state index in [1.165, 1.54) is 12.5 Å². The number of hydrogen-bond acceptors (Lipinski definition) is 5. The summed E-state index contributed by atoms with van der Waals surface area (Å²) in [5.41, 5.74) is 0.490. The average Bonchev–Trinajstić information content (AvgIpc) is 3.13. The van der Waals surface area contributed by atoms with Crippen LogP contribution in [0.25, 0.3) is 0 Å². The molecule has 1 aliphatic heterocycles. The standard InChI is InChI=1S/C12H15N5O2S/c18-20(19,11-8-13-9-15-11)16-10-4-3-5-14-12(10)17-6-1-2-7-17/h3-5,8-9,16H,1-2,6-7H2,(H,13,15). The third kappa shape index (κ3) is 2.46. The summed E-state index contributed by atoms with van der Waals surface area (Å²) in [6.07, 6.45) is 6.47. The number of H-pyrrole nitrogens is 1. The van der Waals surface area contributed by atoms with Gasteiger partial charge in [-0.3, -0.25) is 4.72 Å². The van der Waals surface area contributed by atoms with Gasteiger partial charge in [-0.05, 0) is 25.0 Å². The highest BCUT2D eigenvalue weighted by Gasteiger charge is 2.21. The van der Waals surface area contributed by atoms with Gasteiger partial charge in [0, 0.05) is 19.3 Å². The summed E-state index contributed by atoms with van der Waals surface area (Å²) in [6, 6.07) is 3.43. The van der Waals surface area contributed by atoms with E-state index in [0.717, 1.165) is 25.9 Å². The van der Waals surface area contributed by atoms with Crippen LogP contribution >= 0.6 is 0 Å². The molecule has 0 aliphatic carbocycles. The molecule has 8 heteroatoms. The first-order valence-corrected chi connectivity index (χ1v) is 7.86. The monoisotopic (exact) mass is 293 g/mol. The van der Waals surface area contributed by atoms with Crippen LogP contribution in [0.2, 0.25) is 0 Å². The quantitative estimate of drug-likeness (QED) is 0.884. The first kappa shape index (κ1) is 12.9. The van der Waals surface area contributed by atoms with Crippen LogP contribution in [0.15, 0.2) is 35.9 Å². The molecule has 106 valence electrons. The molecule has 1 aliphatic rings. The number of nitrogens with zero attached hydrogens (tertiary/aromatic N) is 3. The lowest BCUT2D eigenvalue weighted by Crippen LogP contribution is -2.22. The van der Waals surface area contributed by atoms with Gasteiger partial charge in [-0.15, -0.1) is 0 Å². The van der Waals surface area contributed by atoms with E-state index in [-0.39, 0.29) is 5.03 Å². The van der Waals surface area contributed by atoms with Crippen molar-refractivity contribution in [1.82, 2.24) is 15.0 Å². The number of aromatic nitrogens is 3. The SMILES string of the molecule is O=S(=O)(Nc1cccnc1N1CCCC1)c1cnc[nH]1. The van der Waals surface area contributed by atoms with Gasteiger partial charge in [-0.1, -0.05) is 0 Å². The summed E-state index contributed by atoms with van der Waals surface area (Å²) in [6.45, 7) is 1.80. The highest BCUT2D eigenvalue weighted by atomic mass is 32.2. The molecule has 3 rings (SSSR count). The van der Waals surface area contributed by atoms with E-state index in [2.05, 4.69) is 24.6 Å². The maximum Gasteiger partial charge on any atom is 0.279 e. The van der Waals surface area contributed by atoms with Crippen molar-refractivity contribution < 1.29 is 8.42 Å². The van der Waals surface area contributed by atoms with Crippen LogP contribution in [-0.2, 0) is 10.0 Å². The third-order valence-electron chi connectivity index (χ3n) is 3.20. The van der Waals surface area contributed by atoms with E-state index in [0.29, 0.717) is 11.5 Å². The summed E-state index contributed by atoms with van der Waals surface area (Å²) in [5, 5.41) is 0.0359. The fourth-order valence-corrected chi connectivity index (χ4v) is 3.21. The molecule has 2 aromatic heterocycles. The number of sulfonamides is 1. The van der Waals surface area contributed by atoms with Crippen LogP contribution < -0.4 is 9.62 Å². The molecule has 0 spiro atoms. The Hall–Kier alpha value is -2.09. The van der Waals surface area contributed by atoms with Crippen molar-refractivity contribution in [3.8, 4) is 0 Å². The minimum absolute atomic E-state index is 0.0359. The molecule has 7 nitrogen and oxygen atoms in total. The highest BCUT2D eigenvalue weighted by molar-refractivity contribution is 7.92. The second-order valence-corrected chi connectivity index (χ2v) is 6.24. The molecular weight excluding hydrogens is 278 g/mol. The molecule has 0 atom stereocenters. The molecule has 3 heterocycles. The maximum atomic E-state index is 12.2. The molecule has 1 saturated heterocycles. The molecule has 1 fully saturated rings. The second-order valence-electron chi connectivity index (χ2n) is 4.59. The number of pyridine rings is 1. The van der Waals surface area contributed by atoms with Crippen LogP contribution in [0, 0.1) is 0 Å². The molecule has 0 unspecified atom stereocenters. The molecule has 2 aromatic rings. The van der Waals surface area contributed by atoms with Gasteiger partial charge in [0.15, 0.2) is 10.8 Å². The van der Waals surface area contributed by atoms with Gasteiger partial charge in [0.1, 0.15) is 0 Å². The van der Waals surface area contributed by atoms with E-state index in [1.807, 2.05) is 0 Å². The van der Waals surface area contributed by atoms with Crippen molar-refractivity contribution in [2.75, 3.05) is 22.7 Å². The minimum atomic E-state index is -3.66. The molecule has 0 aromatic carbocycles. The Labute approximate surface area is 117 Å². The highest BCUT2D eigenvalue weighted by Crippen LogP contribution is 2.27. The van der Waals surface area contributed by atoms with Gasteiger partial charge in [0.2, 0.25) is 0 Å². The Morgan fingerprint density at radius 2 is 2.10 bits per heavy atom. The largest absolute Gasteiger partial charge is 0.355 e. The summed E-state index contributed by atoms with van der Waals surface area (Å²) in [4.78, 5) is 12.7. The molecule has 0 saturated carbocycles. The van der Waals surface area contributed by atoms with Gasteiger partial charge in [0.05, 0.1) is 18.2 Å². The van der Waals surface area contributed by atoms with Crippen molar-refractivity contribution >= 4 is 21.5 Å². The van der Waals surface area contributed by atoms with E-state index >= 15 is 0 Å². The zero-order valence-electron chi connectivity index (χ0n) is 10.8. The average molecular weight is 293 g/mol. The maximum absolute atomic E-state index is 12.2. The van der Waals surface area contributed by atoms with Crippen molar-refractivity contribution in [3.63, 3.8) is 0 Å². The Morgan fingerprint density at radius 3 is 2.80 bits per heavy atom. The first-order valence-electron chi connectivity index (χ1n) is 6.38. The summed E-state index contributed by atoms with van der Waals surface area (Å²) >= 11 is 0. The Kier molecular flexibility index (Phi) is 3.31. The minimum Gasteiger partial charge on any atom is -0.355 e. The Morgan fingerprint density at radius 1 is 1.30 bits per heavy atom. The van der Waals surface area contributed by atoms with E-state index in [9.17, 15) is 8.42 Å². The predicted octanol–water partition coefficient (Wildman–Crippen LogP) is 1.21. The number of rotatable bonds is 4. The van der Waals surface area contributed by atoms with Crippen LogP contribution in [-0.4, -0.2) is 36.5 Å². The zero-order valence-corrected chi connectivity index (χ0v) is 11.6.